The number of hydrogen-bond acceptors (Lipinski definition) is 1. The van der Waals surface area contributed by atoms with Gasteiger partial charge in [0.15, 0.2) is 0 Å². The highest BCUT2D eigenvalue weighted by Gasteiger charge is 2.33. The average molecular weight is 137 g/mol. The molecule has 8 heavy (non-hydrogen) atoms. The molecule has 1 nitrogen and oxygen atoms in total. The molecule has 0 aromatic carbocycles. The van der Waals surface area contributed by atoms with E-state index in [0.29, 0.717) is 12.8 Å². The summed E-state index contributed by atoms with van der Waals surface area (Å²) < 4.78 is 11.9. The summed E-state index contributed by atoms with van der Waals surface area (Å²) in [7, 11) is 0. The topological polar surface area (TPSA) is 17.1 Å². The minimum absolute atomic E-state index is 0.188. The summed E-state index contributed by atoms with van der Waals surface area (Å²) in [5, 5.41) is -0.390. The molecule has 0 unspecified atom stereocenters. The zero-order valence-corrected chi connectivity index (χ0v) is 4.99. The zero-order valence-electron chi connectivity index (χ0n) is 4.23. The van der Waals surface area contributed by atoms with Crippen molar-refractivity contribution in [2.75, 3.05) is 0 Å². The standard InChI is InChI=1S/C5H6ClFO/c6-5(8)3-1-4(7)2-3/h3-4H,1-2H2. The van der Waals surface area contributed by atoms with E-state index >= 15 is 0 Å². The lowest BCUT2D eigenvalue weighted by Crippen LogP contribution is -2.28. The van der Waals surface area contributed by atoms with E-state index < -0.39 is 6.17 Å². The van der Waals surface area contributed by atoms with Gasteiger partial charge < -0.3 is 0 Å². The van der Waals surface area contributed by atoms with Crippen molar-refractivity contribution in [1.29, 1.82) is 0 Å². The quantitative estimate of drug-likeness (QED) is 0.500. The molecule has 0 spiro atoms. The molecule has 3 heteroatoms. The molecule has 0 aromatic heterocycles. The second kappa shape index (κ2) is 2.02. The van der Waals surface area contributed by atoms with E-state index in [-0.39, 0.29) is 11.2 Å². The minimum atomic E-state index is -0.775. The normalized spacial score (nSPS) is 36.2. The maximum atomic E-state index is 11.9. The molecule has 1 saturated carbocycles. The summed E-state index contributed by atoms with van der Waals surface area (Å²) in [5.74, 6) is -0.188. The summed E-state index contributed by atoms with van der Waals surface area (Å²) in [6, 6.07) is 0. The fourth-order valence-corrected chi connectivity index (χ4v) is 0.912. The lowest BCUT2D eigenvalue weighted by Gasteiger charge is -2.25. The van der Waals surface area contributed by atoms with Crippen LogP contribution < -0.4 is 0 Å². The van der Waals surface area contributed by atoms with Crippen LogP contribution >= 0.6 is 11.6 Å². The van der Waals surface area contributed by atoms with Crippen molar-refractivity contribution in [3.8, 4) is 0 Å². The van der Waals surface area contributed by atoms with E-state index in [2.05, 4.69) is 0 Å². The molecular weight excluding hydrogens is 131 g/mol. The van der Waals surface area contributed by atoms with Gasteiger partial charge in [0.05, 0.1) is 0 Å². The third kappa shape index (κ3) is 0.996. The van der Waals surface area contributed by atoms with Crippen LogP contribution in [0.5, 0.6) is 0 Å². The summed E-state index contributed by atoms with van der Waals surface area (Å²) in [6.07, 6.45) is -0.104. The molecule has 0 N–H and O–H groups in total. The van der Waals surface area contributed by atoms with Crippen LogP contribution in [-0.4, -0.2) is 11.4 Å². The Morgan fingerprint density at radius 3 is 2.25 bits per heavy atom. The highest BCUT2D eigenvalue weighted by Crippen LogP contribution is 2.31. The summed E-state index contributed by atoms with van der Waals surface area (Å²) in [5.41, 5.74) is 0. The van der Waals surface area contributed by atoms with Crippen molar-refractivity contribution >= 4 is 16.8 Å². The Kier molecular flexibility index (Phi) is 1.52. The third-order valence-corrected chi connectivity index (χ3v) is 1.71. The molecule has 1 aliphatic rings. The molecular formula is C5H6ClFO. The Morgan fingerprint density at radius 2 is 2.12 bits per heavy atom. The molecule has 0 amide bonds. The number of rotatable bonds is 1. The zero-order chi connectivity index (χ0) is 6.15. The SMILES string of the molecule is O=C(Cl)C1CC(F)C1. The molecule has 0 aliphatic heterocycles. The molecule has 1 aliphatic carbocycles. The van der Waals surface area contributed by atoms with Gasteiger partial charge in [0, 0.05) is 5.92 Å². The number of halogens is 2. The average Bonchev–Trinajstić information content (AvgIpc) is 1.57. The van der Waals surface area contributed by atoms with Crippen molar-refractivity contribution in [2.45, 2.75) is 19.0 Å². The summed E-state index contributed by atoms with van der Waals surface area (Å²) in [6.45, 7) is 0. The van der Waals surface area contributed by atoms with Crippen LogP contribution in [0, 0.1) is 5.92 Å². The van der Waals surface area contributed by atoms with Crippen LogP contribution in [-0.2, 0) is 4.79 Å². The second-order valence-corrected chi connectivity index (χ2v) is 2.44. The molecule has 0 bridgehead atoms. The maximum Gasteiger partial charge on any atom is 0.224 e. The lowest BCUT2D eigenvalue weighted by molar-refractivity contribution is -0.119. The first-order valence-corrected chi connectivity index (χ1v) is 2.91. The van der Waals surface area contributed by atoms with Gasteiger partial charge in [0.1, 0.15) is 6.17 Å². The van der Waals surface area contributed by atoms with E-state index in [0.717, 1.165) is 0 Å². The van der Waals surface area contributed by atoms with Crippen molar-refractivity contribution in [2.24, 2.45) is 5.92 Å². The van der Waals surface area contributed by atoms with Gasteiger partial charge >= 0.3 is 0 Å². The first kappa shape index (κ1) is 6.02. The maximum absolute atomic E-state index is 11.9. The Labute approximate surface area is 51.8 Å². The highest BCUT2D eigenvalue weighted by molar-refractivity contribution is 6.64. The van der Waals surface area contributed by atoms with Crippen molar-refractivity contribution in [3.63, 3.8) is 0 Å². The summed E-state index contributed by atoms with van der Waals surface area (Å²) in [4.78, 5) is 10.2. The minimum Gasteiger partial charge on any atom is -0.281 e. The molecule has 46 valence electrons. The van der Waals surface area contributed by atoms with Gasteiger partial charge in [0.2, 0.25) is 5.24 Å². The fraction of sp³-hybridized carbons (Fsp3) is 0.800. The van der Waals surface area contributed by atoms with Gasteiger partial charge in [-0.2, -0.15) is 0 Å². The van der Waals surface area contributed by atoms with Crippen LogP contribution in [0.2, 0.25) is 0 Å². The van der Waals surface area contributed by atoms with Crippen LogP contribution in [0.15, 0.2) is 0 Å². The van der Waals surface area contributed by atoms with E-state index in [9.17, 15) is 9.18 Å². The van der Waals surface area contributed by atoms with Crippen LogP contribution in [0.3, 0.4) is 0 Å². The Balaban J connectivity index is 2.25. The number of alkyl halides is 1. The van der Waals surface area contributed by atoms with Gasteiger partial charge in [0.25, 0.3) is 0 Å². The largest absolute Gasteiger partial charge is 0.281 e. The lowest BCUT2D eigenvalue weighted by atomic mass is 9.85. The monoisotopic (exact) mass is 136 g/mol. The molecule has 0 heterocycles. The van der Waals surface area contributed by atoms with Crippen molar-refractivity contribution in [1.82, 2.24) is 0 Å². The van der Waals surface area contributed by atoms with E-state index in [1.54, 1.807) is 0 Å². The van der Waals surface area contributed by atoms with Gasteiger partial charge in [-0.3, -0.25) is 4.79 Å². The number of carbonyl (C=O) groups is 1. The highest BCUT2D eigenvalue weighted by atomic mass is 35.5. The first-order valence-electron chi connectivity index (χ1n) is 2.53. The predicted octanol–water partition coefficient (Wildman–Crippen LogP) is 1.50. The summed E-state index contributed by atoms with van der Waals surface area (Å²) >= 11 is 5.04. The molecule has 0 aromatic rings. The van der Waals surface area contributed by atoms with E-state index in [4.69, 9.17) is 11.6 Å². The second-order valence-electron chi connectivity index (χ2n) is 2.07. The van der Waals surface area contributed by atoms with Gasteiger partial charge in [-0.05, 0) is 24.4 Å². The fourth-order valence-electron chi connectivity index (χ4n) is 0.734. The third-order valence-electron chi connectivity index (χ3n) is 1.40. The number of carbonyl (C=O) groups excluding carboxylic acids is 1. The Bertz CT molecular complexity index is 109. The van der Waals surface area contributed by atoms with Crippen molar-refractivity contribution < 1.29 is 9.18 Å². The molecule has 1 rings (SSSR count). The molecule has 0 radical (unpaired) electrons. The smallest absolute Gasteiger partial charge is 0.224 e. The molecule has 0 saturated heterocycles. The van der Waals surface area contributed by atoms with Crippen LogP contribution in [0.4, 0.5) is 4.39 Å². The number of hydrogen-bond donors (Lipinski definition) is 0. The van der Waals surface area contributed by atoms with E-state index in [1.165, 1.54) is 0 Å². The Hall–Kier alpha value is -0.110. The predicted molar refractivity (Wildman–Crippen MR) is 28.5 cm³/mol. The van der Waals surface area contributed by atoms with Crippen molar-refractivity contribution in [3.05, 3.63) is 0 Å². The van der Waals surface area contributed by atoms with E-state index in [1.807, 2.05) is 0 Å². The first-order chi connectivity index (χ1) is 3.70. The van der Waals surface area contributed by atoms with Gasteiger partial charge in [-0.25, -0.2) is 4.39 Å². The van der Waals surface area contributed by atoms with Crippen LogP contribution in [0.1, 0.15) is 12.8 Å². The molecule has 0 atom stereocenters. The Morgan fingerprint density at radius 1 is 1.62 bits per heavy atom. The van der Waals surface area contributed by atoms with Gasteiger partial charge in [-0.15, -0.1) is 0 Å². The molecule has 1 fully saturated rings. The van der Waals surface area contributed by atoms with Crippen LogP contribution in [0.25, 0.3) is 0 Å². The van der Waals surface area contributed by atoms with Gasteiger partial charge in [-0.1, -0.05) is 0 Å².